The molecule has 2 rings (SSSR count). The summed E-state index contributed by atoms with van der Waals surface area (Å²) in [5.74, 6) is -0.175. The summed E-state index contributed by atoms with van der Waals surface area (Å²) >= 11 is 5.82. The highest BCUT2D eigenvalue weighted by molar-refractivity contribution is 6.30. The van der Waals surface area contributed by atoms with Crippen molar-refractivity contribution < 1.29 is 14.3 Å². The van der Waals surface area contributed by atoms with Crippen molar-refractivity contribution in [3.63, 3.8) is 0 Å². The van der Waals surface area contributed by atoms with Gasteiger partial charge in [-0.15, -0.1) is 0 Å². The molecule has 0 heterocycles. The Morgan fingerprint density at radius 2 is 1.82 bits per heavy atom. The Morgan fingerprint density at radius 1 is 1.18 bits per heavy atom. The molecule has 0 radical (unpaired) electrons. The van der Waals surface area contributed by atoms with Gasteiger partial charge in [-0.25, -0.2) is 4.79 Å². The van der Waals surface area contributed by atoms with Crippen LogP contribution in [0.3, 0.4) is 0 Å². The van der Waals surface area contributed by atoms with Crippen molar-refractivity contribution in [3.8, 4) is 0 Å². The number of hydrogen-bond acceptors (Lipinski definition) is 3. The van der Waals surface area contributed by atoms with Crippen LogP contribution in [0.5, 0.6) is 0 Å². The maximum absolute atomic E-state index is 11.9. The van der Waals surface area contributed by atoms with Gasteiger partial charge in [0, 0.05) is 17.6 Å². The molecule has 0 atom stereocenters. The molecule has 0 aromatic heterocycles. The third-order valence-electron chi connectivity index (χ3n) is 3.96. The van der Waals surface area contributed by atoms with Crippen LogP contribution in [0.25, 0.3) is 0 Å². The lowest BCUT2D eigenvalue weighted by Gasteiger charge is -2.27. The van der Waals surface area contributed by atoms with E-state index in [-0.39, 0.29) is 24.0 Å². The summed E-state index contributed by atoms with van der Waals surface area (Å²) in [6.07, 6.45) is 3.12. The number of urea groups is 1. The van der Waals surface area contributed by atoms with E-state index in [1.54, 1.807) is 12.1 Å². The van der Waals surface area contributed by atoms with Gasteiger partial charge in [-0.05, 0) is 43.4 Å². The number of rotatable bonds is 4. The second-order valence-corrected chi connectivity index (χ2v) is 5.96. The third kappa shape index (κ3) is 4.91. The minimum absolute atomic E-state index is 0.0276. The first-order chi connectivity index (χ1) is 10.6. The number of ether oxygens (including phenoxy) is 1. The summed E-state index contributed by atoms with van der Waals surface area (Å²) in [5.41, 5.74) is 0.994. The molecular weight excluding hydrogens is 304 g/mol. The van der Waals surface area contributed by atoms with Gasteiger partial charge in [-0.3, -0.25) is 4.79 Å². The van der Waals surface area contributed by atoms with E-state index in [2.05, 4.69) is 10.6 Å². The average Bonchev–Trinajstić information content (AvgIpc) is 2.54. The largest absolute Gasteiger partial charge is 0.469 e. The quantitative estimate of drug-likeness (QED) is 0.837. The standard InChI is InChI=1S/C16H21ClN2O3/c1-22-15(20)12-4-8-14(9-5-12)19-16(21)18-10-11-2-6-13(17)7-3-11/h2-3,6-7,12,14H,4-5,8-10H2,1H3,(H2,18,19,21)/t12-,14-. The predicted molar refractivity (Wildman–Crippen MR) is 84.6 cm³/mol. The molecule has 5 nitrogen and oxygen atoms in total. The summed E-state index contributed by atoms with van der Waals surface area (Å²) in [7, 11) is 1.41. The number of esters is 1. The molecule has 6 heteroatoms. The summed E-state index contributed by atoms with van der Waals surface area (Å²) in [6, 6.07) is 7.28. The van der Waals surface area contributed by atoms with Crippen LogP contribution < -0.4 is 10.6 Å². The van der Waals surface area contributed by atoms with Gasteiger partial charge < -0.3 is 15.4 Å². The van der Waals surface area contributed by atoms with Gasteiger partial charge in [-0.1, -0.05) is 23.7 Å². The molecule has 0 spiro atoms. The van der Waals surface area contributed by atoms with Gasteiger partial charge in [0.25, 0.3) is 0 Å². The Bertz CT molecular complexity index is 511. The number of benzene rings is 1. The Hall–Kier alpha value is -1.75. The number of halogens is 1. The molecule has 1 saturated carbocycles. The second-order valence-electron chi connectivity index (χ2n) is 5.53. The first-order valence-electron chi connectivity index (χ1n) is 7.45. The fraction of sp³-hybridized carbons (Fsp3) is 0.500. The van der Waals surface area contributed by atoms with Crippen LogP contribution in [0.2, 0.25) is 5.02 Å². The van der Waals surface area contributed by atoms with Gasteiger partial charge >= 0.3 is 12.0 Å². The fourth-order valence-electron chi connectivity index (χ4n) is 2.66. The van der Waals surface area contributed by atoms with Crippen LogP contribution in [0.4, 0.5) is 4.79 Å². The minimum Gasteiger partial charge on any atom is -0.469 e. The van der Waals surface area contributed by atoms with Gasteiger partial charge in [0.2, 0.25) is 0 Å². The molecule has 0 unspecified atom stereocenters. The van der Waals surface area contributed by atoms with Gasteiger partial charge in [0.1, 0.15) is 0 Å². The predicted octanol–water partition coefficient (Wildman–Crippen LogP) is 2.87. The maximum atomic E-state index is 11.9. The van der Waals surface area contributed by atoms with E-state index in [0.29, 0.717) is 11.6 Å². The molecule has 0 aliphatic heterocycles. The fourth-order valence-corrected chi connectivity index (χ4v) is 2.79. The Morgan fingerprint density at radius 3 is 2.41 bits per heavy atom. The maximum Gasteiger partial charge on any atom is 0.315 e. The highest BCUT2D eigenvalue weighted by Gasteiger charge is 2.27. The van der Waals surface area contributed by atoms with Crippen LogP contribution in [0, 0.1) is 5.92 Å². The summed E-state index contributed by atoms with van der Waals surface area (Å²) < 4.78 is 4.75. The van der Waals surface area contributed by atoms with Gasteiger partial charge in [0.05, 0.1) is 13.0 Å². The second kappa shape index (κ2) is 8.03. The lowest BCUT2D eigenvalue weighted by molar-refractivity contribution is -0.146. The highest BCUT2D eigenvalue weighted by Crippen LogP contribution is 2.25. The monoisotopic (exact) mass is 324 g/mol. The summed E-state index contributed by atoms with van der Waals surface area (Å²) in [4.78, 5) is 23.3. The first-order valence-corrected chi connectivity index (χ1v) is 7.83. The number of methoxy groups -OCH3 is 1. The number of carbonyl (C=O) groups is 2. The molecule has 120 valence electrons. The summed E-state index contributed by atoms with van der Waals surface area (Å²) in [5, 5.41) is 6.45. The van der Waals surface area contributed by atoms with Crippen molar-refractivity contribution in [1.29, 1.82) is 0 Å². The average molecular weight is 325 g/mol. The molecule has 1 aliphatic carbocycles. The Balaban J connectivity index is 1.69. The lowest BCUT2D eigenvalue weighted by atomic mass is 9.86. The van der Waals surface area contributed by atoms with Crippen molar-refractivity contribution in [2.24, 2.45) is 5.92 Å². The van der Waals surface area contributed by atoms with Crippen LogP contribution in [0.1, 0.15) is 31.2 Å². The highest BCUT2D eigenvalue weighted by atomic mass is 35.5. The van der Waals surface area contributed by atoms with Crippen molar-refractivity contribution in [3.05, 3.63) is 34.9 Å². The lowest BCUT2D eigenvalue weighted by Crippen LogP contribution is -2.44. The topological polar surface area (TPSA) is 67.4 Å². The smallest absolute Gasteiger partial charge is 0.315 e. The molecular formula is C16H21ClN2O3. The molecule has 2 amide bonds. The number of carbonyl (C=O) groups excluding carboxylic acids is 2. The SMILES string of the molecule is COC(=O)[C@H]1CC[C@H](NC(=O)NCc2ccc(Cl)cc2)CC1. The number of amides is 2. The van der Waals surface area contributed by atoms with Crippen molar-refractivity contribution >= 4 is 23.6 Å². The molecule has 0 saturated heterocycles. The van der Waals surface area contributed by atoms with Gasteiger partial charge in [-0.2, -0.15) is 0 Å². The first kappa shape index (κ1) is 16.6. The van der Waals surface area contributed by atoms with Crippen LogP contribution in [-0.4, -0.2) is 25.2 Å². The van der Waals surface area contributed by atoms with Crippen molar-refractivity contribution in [1.82, 2.24) is 10.6 Å². The zero-order valence-electron chi connectivity index (χ0n) is 12.6. The van der Waals surface area contributed by atoms with Crippen molar-refractivity contribution in [2.45, 2.75) is 38.3 Å². The Labute approximate surface area is 135 Å². The molecule has 22 heavy (non-hydrogen) atoms. The normalized spacial score (nSPS) is 21.0. The molecule has 1 aromatic rings. The van der Waals surface area contributed by atoms with E-state index in [1.807, 2.05) is 12.1 Å². The minimum atomic E-state index is -0.184. The molecule has 2 N–H and O–H groups in total. The number of hydrogen-bond donors (Lipinski definition) is 2. The van der Waals surface area contributed by atoms with E-state index < -0.39 is 0 Å². The van der Waals surface area contributed by atoms with Gasteiger partial charge in [0.15, 0.2) is 0 Å². The van der Waals surface area contributed by atoms with E-state index in [0.717, 1.165) is 31.2 Å². The molecule has 1 aromatic carbocycles. The van der Waals surface area contributed by atoms with E-state index in [9.17, 15) is 9.59 Å². The molecule has 0 bridgehead atoms. The summed E-state index contributed by atoms with van der Waals surface area (Å²) in [6.45, 7) is 0.459. The van der Waals surface area contributed by atoms with E-state index in [4.69, 9.17) is 16.3 Å². The zero-order chi connectivity index (χ0) is 15.9. The molecule has 1 aliphatic rings. The molecule has 1 fully saturated rings. The Kier molecular flexibility index (Phi) is 6.07. The zero-order valence-corrected chi connectivity index (χ0v) is 13.4. The van der Waals surface area contributed by atoms with Crippen molar-refractivity contribution in [2.75, 3.05) is 7.11 Å². The van der Waals surface area contributed by atoms with E-state index in [1.165, 1.54) is 7.11 Å². The van der Waals surface area contributed by atoms with E-state index >= 15 is 0 Å². The number of nitrogens with one attached hydrogen (secondary N) is 2. The van der Waals surface area contributed by atoms with Crippen LogP contribution in [0.15, 0.2) is 24.3 Å². The third-order valence-corrected chi connectivity index (χ3v) is 4.22. The van der Waals surface area contributed by atoms with Crippen LogP contribution >= 0.6 is 11.6 Å². The van der Waals surface area contributed by atoms with Crippen LogP contribution in [-0.2, 0) is 16.1 Å².